The highest BCUT2D eigenvalue weighted by molar-refractivity contribution is 5.74. The average Bonchev–Trinajstić information content (AvgIpc) is 3.17. The summed E-state index contributed by atoms with van der Waals surface area (Å²) in [5.74, 6) is 0.785. The van der Waals surface area contributed by atoms with Gasteiger partial charge >= 0.3 is 0 Å². The van der Waals surface area contributed by atoms with E-state index in [1.165, 1.54) is 6.33 Å². The Morgan fingerprint density at radius 1 is 1.10 bits per heavy atom. The molecule has 1 aromatic carbocycles. The van der Waals surface area contributed by atoms with Crippen molar-refractivity contribution in [2.75, 3.05) is 0 Å². The number of aromatic nitrogens is 6. The van der Waals surface area contributed by atoms with Gasteiger partial charge in [0.2, 0.25) is 0 Å². The van der Waals surface area contributed by atoms with Gasteiger partial charge in [-0.05, 0) is 30.3 Å². The van der Waals surface area contributed by atoms with Crippen LogP contribution in [0.1, 0.15) is 0 Å². The lowest BCUT2D eigenvalue weighted by Crippen LogP contribution is -1.93. The highest BCUT2D eigenvalue weighted by Crippen LogP contribution is 2.20. The first-order valence-electron chi connectivity index (χ1n) is 6.16. The zero-order chi connectivity index (χ0) is 13.4. The molecule has 0 saturated carbocycles. The predicted octanol–water partition coefficient (Wildman–Crippen LogP) is 2.21. The first-order chi connectivity index (χ1) is 9.90. The van der Waals surface area contributed by atoms with Crippen LogP contribution in [-0.4, -0.2) is 29.7 Å². The number of nitrogens with zero attached hydrogens (tertiary/aromatic N) is 5. The SMILES string of the molecule is c1cnn(-c2ccc(-c3nc4ncncc4[nH]3)cc2)c1. The smallest absolute Gasteiger partial charge is 0.181 e. The molecule has 3 aromatic heterocycles. The van der Waals surface area contributed by atoms with Gasteiger partial charge in [0.1, 0.15) is 17.7 Å². The molecule has 0 aliphatic heterocycles. The van der Waals surface area contributed by atoms with Crippen LogP contribution in [0.25, 0.3) is 28.2 Å². The summed E-state index contributed by atoms with van der Waals surface area (Å²) in [6.07, 6.45) is 6.88. The largest absolute Gasteiger partial charge is 0.335 e. The van der Waals surface area contributed by atoms with Crippen molar-refractivity contribution in [3.05, 3.63) is 55.2 Å². The fourth-order valence-electron chi connectivity index (χ4n) is 2.09. The average molecular weight is 262 g/mol. The fraction of sp³-hybridized carbons (Fsp3) is 0. The summed E-state index contributed by atoms with van der Waals surface area (Å²) in [5.41, 5.74) is 3.51. The second-order valence-electron chi connectivity index (χ2n) is 4.34. The molecule has 0 aliphatic carbocycles. The highest BCUT2D eigenvalue weighted by Gasteiger charge is 2.06. The van der Waals surface area contributed by atoms with Gasteiger partial charge in [-0.25, -0.2) is 19.6 Å². The predicted molar refractivity (Wildman–Crippen MR) is 74.2 cm³/mol. The van der Waals surface area contributed by atoms with Crippen molar-refractivity contribution in [1.29, 1.82) is 0 Å². The lowest BCUT2D eigenvalue weighted by Gasteiger charge is -2.02. The van der Waals surface area contributed by atoms with E-state index in [1.54, 1.807) is 12.4 Å². The third-order valence-electron chi connectivity index (χ3n) is 3.07. The van der Waals surface area contributed by atoms with Gasteiger partial charge in [0, 0.05) is 18.0 Å². The monoisotopic (exact) mass is 262 g/mol. The van der Waals surface area contributed by atoms with Gasteiger partial charge < -0.3 is 4.98 Å². The van der Waals surface area contributed by atoms with Crippen LogP contribution in [0.3, 0.4) is 0 Å². The lowest BCUT2D eigenvalue weighted by molar-refractivity contribution is 0.880. The first-order valence-corrected chi connectivity index (χ1v) is 6.16. The second kappa shape index (κ2) is 4.27. The molecule has 20 heavy (non-hydrogen) atoms. The van der Waals surface area contributed by atoms with Gasteiger partial charge in [-0.3, -0.25) is 0 Å². The number of rotatable bonds is 2. The van der Waals surface area contributed by atoms with Crippen LogP contribution in [-0.2, 0) is 0 Å². The Kier molecular flexibility index (Phi) is 2.32. The number of H-pyrrole nitrogens is 1. The summed E-state index contributed by atoms with van der Waals surface area (Å²) in [5, 5.41) is 4.20. The van der Waals surface area contributed by atoms with Crippen LogP contribution >= 0.6 is 0 Å². The molecule has 6 nitrogen and oxygen atoms in total. The van der Waals surface area contributed by atoms with Crippen molar-refractivity contribution in [3.8, 4) is 17.1 Å². The van der Waals surface area contributed by atoms with E-state index < -0.39 is 0 Å². The molecular weight excluding hydrogens is 252 g/mol. The maximum Gasteiger partial charge on any atom is 0.181 e. The van der Waals surface area contributed by atoms with E-state index in [9.17, 15) is 0 Å². The van der Waals surface area contributed by atoms with Gasteiger partial charge in [0.25, 0.3) is 0 Å². The summed E-state index contributed by atoms with van der Waals surface area (Å²) in [6, 6.07) is 9.90. The lowest BCUT2D eigenvalue weighted by atomic mass is 10.2. The molecule has 6 heteroatoms. The van der Waals surface area contributed by atoms with Crippen molar-refractivity contribution in [2.24, 2.45) is 0 Å². The summed E-state index contributed by atoms with van der Waals surface area (Å²) in [6.45, 7) is 0. The third kappa shape index (κ3) is 1.74. The Hall–Kier alpha value is -3.02. The van der Waals surface area contributed by atoms with E-state index in [4.69, 9.17) is 0 Å². The summed E-state index contributed by atoms with van der Waals surface area (Å²) < 4.78 is 1.81. The Labute approximate surface area is 114 Å². The van der Waals surface area contributed by atoms with Gasteiger partial charge in [-0.1, -0.05) is 0 Å². The van der Waals surface area contributed by atoms with E-state index in [2.05, 4.69) is 25.0 Å². The molecule has 1 N–H and O–H groups in total. The van der Waals surface area contributed by atoms with E-state index in [-0.39, 0.29) is 0 Å². The fourth-order valence-corrected chi connectivity index (χ4v) is 2.09. The molecule has 0 spiro atoms. The van der Waals surface area contributed by atoms with Crippen molar-refractivity contribution >= 4 is 11.2 Å². The molecule has 96 valence electrons. The van der Waals surface area contributed by atoms with Crippen molar-refractivity contribution in [2.45, 2.75) is 0 Å². The standard InChI is InChI=1S/C14H10N6/c1-6-17-20(7-1)11-4-2-10(3-5-11)13-18-12-8-15-9-16-14(12)19-13/h1-9H,(H,15,16,18,19). The number of hydrogen-bond acceptors (Lipinski definition) is 4. The van der Waals surface area contributed by atoms with Crippen molar-refractivity contribution in [1.82, 2.24) is 29.7 Å². The second-order valence-corrected chi connectivity index (χ2v) is 4.34. The molecule has 0 atom stereocenters. The number of benzene rings is 1. The van der Waals surface area contributed by atoms with E-state index in [1.807, 2.05) is 41.2 Å². The number of fused-ring (bicyclic) bond motifs is 1. The number of hydrogen-bond donors (Lipinski definition) is 1. The third-order valence-corrected chi connectivity index (χ3v) is 3.07. The quantitative estimate of drug-likeness (QED) is 0.601. The minimum absolute atomic E-state index is 0.672. The minimum atomic E-state index is 0.672. The maximum atomic E-state index is 4.45. The zero-order valence-corrected chi connectivity index (χ0v) is 10.4. The van der Waals surface area contributed by atoms with Gasteiger partial charge in [0.15, 0.2) is 5.65 Å². The molecule has 0 amide bonds. The molecule has 0 saturated heterocycles. The molecule has 4 aromatic rings. The van der Waals surface area contributed by atoms with Crippen LogP contribution < -0.4 is 0 Å². The summed E-state index contributed by atoms with van der Waals surface area (Å²) in [4.78, 5) is 15.7. The molecule has 4 rings (SSSR count). The molecule has 3 heterocycles. The molecule has 0 unspecified atom stereocenters. The summed E-state index contributed by atoms with van der Waals surface area (Å²) in [7, 11) is 0. The number of imidazole rings is 1. The van der Waals surface area contributed by atoms with Gasteiger partial charge in [-0.2, -0.15) is 5.10 Å². The van der Waals surface area contributed by atoms with Crippen LogP contribution in [0.15, 0.2) is 55.2 Å². The summed E-state index contributed by atoms with van der Waals surface area (Å²) >= 11 is 0. The van der Waals surface area contributed by atoms with E-state index in [0.29, 0.717) is 5.65 Å². The topological polar surface area (TPSA) is 72.3 Å². The van der Waals surface area contributed by atoms with Crippen LogP contribution in [0, 0.1) is 0 Å². The maximum absolute atomic E-state index is 4.45. The molecule has 0 fully saturated rings. The Morgan fingerprint density at radius 3 is 2.75 bits per heavy atom. The zero-order valence-electron chi connectivity index (χ0n) is 10.4. The van der Waals surface area contributed by atoms with Gasteiger partial charge in [0.05, 0.1) is 11.9 Å². The van der Waals surface area contributed by atoms with E-state index >= 15 is 0 Å². The Morgan fingerprint density at radius 2 is 2.00 bits per heavy atom. The molecule has 0 aliphatic rings. The minimum Gasteiger partial charge on any atom is -0.335 e. The van der Waals surface area contributed by atoms with Crippen LogP contribution in [0.5, 0.6) is 0 Å². The Balaban J connectivity index is 1.75. The number of nitrogens with one attached hydrogen (secondary N) is 1. The number of aromatic amines is 1. The van der Waals surface area contributed by atoms with Crippen molar-refractivity contribution in [3.63, 3.8) is 0 Å². The highest BCUT2D eigenvalue weighted by atomic mass is 15.3. The van der Waals surface area contributed by atoms with Crippen LogP contribution in [0.4, 0.5) is 0 Å². The normalized spacial score (nSPS) is 11.0. The first kappa shape index (κ1) is 10.9. The molecule has 0 bridgehead atoms. The van der Waals surface area contributed by atoms with Gasteiger partial charge in [-0.15, -0.1) is 0 Å². The van der Waals surface area contributed by atoms with Crippen LogP contribution in [0.2, 0.25) is 0 Å². The molecule has 0 radical (unpaired) electrons. The van der Waals surface area contributed by atoms with Crippen molar-refractivity contribution < 1.29 is 0 Å². The molecular formula is C14H10N6. The Bertz CT molecular complexity index is 812. The van der Waals surface area contributed by atoms with E-state index in [0.717, 1.165) is 22.6 Å².